The molecule has 4 rings (SSSR count). The van der Waals surface area contributed by atoms with Crippen LogP contribution in [0.2, 0.25) is 0 Å². The van der Waals surface area contributed by atoms with Gasteiger partial charge in [-0.15, -0.1) is 0 Å². The standard InChI is InChI=1S/C19H26O2/c1-18-9-7-13(20)11-12(18)3-4-14-15-5-6-17(21)19(15,2)10-8-16(14)18/h8,12,14-15H,3-7,9-11H2,1-2H3/t12?,14-,15-,18-,19-/m0/s1. The first-order valence-corrected chi connectivity index (χ1v) is 8.71. The lowest BCUT2D eigenvalue weighted by Gasteiger charge is -2.54. The Morgan fingerprint density at radius 2 is 1.86 bits per heavy atom. The van der Waals surface area contributed by atoms with Crippen LogP contribution in [-0.4, -0.2) is 11.6 Å². The summed E-state index contributed by atoms with van der Waals surface area (Å²) in [7, 11) is 0. The lowest BCUT2D eigenvalue weighted by molar-refractivity contribution is -0.128. The van der Waals surface area contributed by atoms with Gasteiger partial charge in [-0.3, -0.25) is 9.59 Å². The molecule has 0 saturated heterocycles. The summed E-state index contributed by atoms with van der Waals surface area (Å²) in [5, 5.41) is 0. The van der Waals surface area contributed by atoms with Crippen LogP contribution in [0.4, 0.5) is 0 Å². The summed E-state index contributed by atoms with van der Waals surface area (Å²) in [5.41, 5.74) is 1.79. The lowest BCUT2D eigenvalue weighted by Crippen LogP contribution is -2.48. The molecule has 4 aliphatic carbocycles. The van der Waals surface area contributed by atoms with E-state index in [0.29, 0.717) is 29.3 Å². The number of carbonyl (C=O) groups is 2. The first kappa shape index (κ1) is 13.7. The van der Waals surface area contributed by atoms with Crippen LogP contribution in [0, 0.1) is 28.6 Å². The zero-order chi connectivity index (χ0) is 14.8. The summed E-state index contributed by atoms with van der Waals surface area (Å²) in [6.07, 6.45) is 10.2. The molecule has 21 heavy (non-hydrogen) atoms. The van der Waals surface area contributed by atoms with E-state index in [1.807, 2.05) is 0 Å². The van der Waals surface area contributed by atoms with Gasteiger partial charge in [-0.1, -0.05) is 25.5 Å². The monoisotopic (exact) mass is 286 g/mol. The van der Waals surface area contributed by atoms with Crippen molar-refractivity contribution in [1.29, 1.82) is 0 Å². The highest BCUT2D eigenvalue weighted by atomic mass is 16.1. The summed E-state index contributed by atoms with van der Waals surface area (Å²) >= 11 is 0. The second-order valence-electron chi connectivity index (χ2n) is 8.39. The normalized spacial score (nSPS) is 49.2. The van der Waals surface area contributed by atoms with Crippen LogP contribution < -0.4 is 0 Å². The molecule has 4 aliphatic rings. The van der Waals surface area contributed by atoms with Crippen LogP contribution in [0.5, 0.6) is 0 Å². The SMILES string of the molecule is C[C@]12CCC(=O)CC1CC[C@@H]1C2=CC[C@]2(C)C(=O)CC[C@@H]12. The Balaban J connectivity index is 1.72. The fraction of sp³-hybridized carbons (Fsp3) is 0.789. The average Bonchev–Trinajstić information content (AvgIpc) is 2.76. The van der Waals surface area contributed by atoms with Gasteiger partial charge < -0.3 is 0 Å². The van der Waals surface area contributed by atoms with Crippen LogP contribution >= 0.6 is 0 Å². The van der Waals surface area contributed by atoms with Gasteiger partial charge in [0.15, 0.2) is 0 Å². The molecule has 0 amide bonds. The van der Waals surface area contributed by atoms with Crippen molar-refractivity contribution in [3.63, 3.8) is 0 Å². The second kappa shape index (κ2) is 4.30. The quantitative estimate of drug-likeness (QED) is 0.629. The van der Waals surface area contributed by atoms with E-state index in [1.165, 1.54) is 12.8 Å². The van der Waals surface area contributed by atoms with Gasteiger partial charge in [0, 0.05) is 24.7 Å². The van der Waals surface area contributed by atoms with E-state index in [9.17, 15) is 9.59 Å². The van der Waals surface area contributed by atoms with Crippen molar-refractivity contribution in [3.05, 3.63) is 11.6 Å². The highest BCUT2D eigenvalue weighted by Crippen LogP contribution is 2.62. The number of carbonyl (C=O) groups excluding carboxylic acids is 2. The predicted octanol–water partition coefficient (Wildman–Crippen LogP) is 4.09. The van der Waals surface area contributed by atoms with Crippen molar-refractivity contribution in [2.24, 2.45) is 28.6 Å². The van der Waals surface area contributed by atoms with Crippen LogP contribution in [0.1, 0.15) is 65.2 Å². The fourth-order valence-corrected chi connectivity index (χ4v) is 6.10. The van der Waals surface area contributed by atoms with Gasteiger partial charge in [0.2, 0.25) is 0 Å². The number of allylic oxidation sites excluding steroid dienone is 2. The first-order chi connectivity index (χ1) is 9.95. The number of hydrogen-bond donors (Lipinski definition) is 0. The molecular formula is C19H26O2. The van der Waals surface area contributed by atoms with E-state index in [-0.39, 0.29) is 10.8 Å². The van der Waals surface area contributed by atoms with Gasteiger partial charge in [0.25, 0.3) is 0 Å². The molecule has 5 atom stereocenters. The Morgan fingerprint density at radius 1 is 1.05 bits per heavy atom. The minimum absolute atomic E-state index is 0.0815. The molecule has 3 saturated carbocycles. The van der Waals surface area contributed by atoms with E-state index < -0.39 is 0 Å². The molecule has 0 aromatic heterocycles. The zero-order valence-electron chi connectivity index (χ0n) is 13.3. The van der Waals surface area contributed by atoms with Crippen molar-refractivity contribution < 1.29 is 9.59 Å². The Morgan fingerprint density at radius 3 is 2.67 bits per heavy atom. The molecule has 0 aromatic rings. The molecule has 3 fully saturated rings. The van der Waals surface area contributed by atoms with Gasteiger partial charge in [-0.2, -0.15) is 0 Å². The van der Waals surface area contributed by atoms with Gasteiger partial charge in [-0.25, -0.2) is 0 Å². The molecule has 2 nitrogen and oxygen atoms in total. The Bertz CT molecular complexity index is 546. The summed E-state index contributed by atoms with van der Waals surface area (Å²) in [6.45, 7) is 4.61. The highest BCUT2D eigenvalue weighted by molar-refractivity contribution is 5.87. The Labute approximate surface area is 127 Å². The molecule has 1 unspecified atom stereocenters. The number of rotatable bonds is 0. The van der Waals surface area contributed by atoms with Crippen molar-refractivity contribution >= 4 is 11.6 Å². The molecule has 0 N–H and O–H groups in total. The average molecular weight is 286 g/mol. The van der Waals surface area contributed by atoms with E-state index >= 15 is 0 Å². The summed E-state index contributed by atoms with van der Waals surface area (Å²) < 4.78 is 0. The van der Waals surface area contributed by atoms with E-state index in [4.69, 9.17) is 0 Å². The van der Waals surface area contributed by atoms with Crippen molar-refractivity contribution in [2.45, 2.75) is 65.2 Å². The van der Waals surface area contributed by atoms with Crippen LogP contribution in [-0.2, 0) is 9.59 Å². The minimum atomic E-state index is -0.0815. The summed E-state index contributed by atoms with van der Waals surface area (Å²) in [5.74, 6) is 2.70. The number of hydrogen-bond acceptors (Lipinski definition) is 2. The molecule has 0 spiro atoms. The van der Waals surface area contributed by atoms with Gasteiger partial charge >= 0.3 is 0 Å². The third kappa shape index (κ3) is 1.71. The van der Waals surface area contributed by atoms with Gasteiger partial charge in [0.05, 0.1) is 0 Å². The number of Topliss-reactive ketones (excluding diaryl/α,β-unsaturated/α-hetero) is 2. The number of fused-ring (bicyclic) bond motifs is 5. The maximum Gasteiger partial charge on any atom is 0.139 e. The van der Waals surface area contributed by atoms with E-state index in [2.05, 4.69) is 19.9 Å². The van der Waals surface area contributed by atoms with E-state index in [0.717, 1.165) is 38.5 Å². The third-order valence-electron chi connectivity index (χ3n) is 7.55. The van der Waals surface area contributed by atoms with Crippen LogP contribution in [0.15, 0.2) is 11.6 Å². The van der Waals surface area contributed by atoms with Crippen LogP contribution in [0.25, 0.3) is 0 Å². The second-order valence-corrected chi connectivity index (χ2v) is 8.39. The summed E-state index contributed by atoms with van der Waals surface area (Å²) in [4.78, 5) is 24.2. The summed E-state index contributed by atoms with van der Waals surface area (Å²) in [6, 6.07) is 0. The largest absolute Gasteiger partial charge is 0.300 e. The van der Waals surface area contributed by atoms with Crippen molar-refractivity contribution in [3.8, 4) is 0 Å². The van der Waals surface area contributed by atoms with Crippen molar-refractivity contribution in [2.75, 3.05) is 0 Å². The molecule has 0 aliphatic heterocycles. The van der Waals surface area contributed by atoms with Gasteiger partial charge in [-0.05, 0) is 55.3 Å². The zero-order valence-corrected chi connectivity index (χ0v) is 13.3. The maximum absolute atomic E-state index is 12.3. The fourth-order valence-electron chi connectivity index (χ4n) is 6.10. The van der Waals surface area contributed by atoms with E-state index in [1.54, 1.807) is 5.57 Å². The first-order valence-electron chi connectivity index (χ1n) is 8.71. The minimum Gasteiger partial charge on any atom is -0.300 e. The van der Waals surface area contributed by atoms with Crippen LogP contribution in [0.3, 0.4) is 0 Å². The smallest absolute Gasteiger partial charge is 0.139 e. The molecule has 2 heteroatoms. The molecule has 0 radical (unpaired) electrons. The molecule has 0 heterocycles. The Kier molecular flexibility index (Phi) is 2.81. The Hall–Kier alpha value is -0.920. The maximum atomic E-state index is 12.3. The van der Waals surface area contributed by atoms with Gasteiger partial charge in [0.1, 0.15) is 11.6 Å². The molecule has 0 aromatic carbocycles. The number of ketones is 2. The third-order valence-corrected chi connectivity index (χ3v) is 7.55. The van der Waals surface area contributed by atoms with Crippen molar-refractivity contribution in [1.82, 2.24) is 0 Å². The molecule has 0 bridgehead atoms. The predicted molar refractivity (Wildman–Crippen MR) is 81.7 cm³/mol. The highest BCUT2D eigenvalue weighted by Gasteiger charge is 2.56. The topological polar surface area (TPSA) is 34.1 Å². The lowest BCUT2D eigenvalue weighted by atomic mass is 9.49. The molecular weight excluding hydrogens is 260 g/mol. The molecule has 114 valence electrons.